The Kier molecular flexibility index (Phi) is 10.7. The number of hydrogen-bond donors (Lipinski definition) is 2. The number of nitrogens with one attached hydrogen (secondary N) is 2. The average Bonchev–Trinajstić information content (AvgIpc) is 3.98. The van der Waals surface area contributed by atoms with Crippen LogP contribution in [0.15, 0.2) is 56.8 Å². The summed E-state index contributed by atoms with van der Waals surface area (Å²) in [5, 5.41) is 24.1. The molecule has 10 rings (SSSR count). The third-order valence-electron chi connectivity index (χ3n) is 12.1. The second-order valence-electron chi connectivity index (χ2n) is 17.5. The fourth-order valence-electron chi connectivity index (χ4n) is 9.10. The second-order valence-corrected chi connectivity index (χ2v) is 18.3. The summed E-state index contributed by atoms with van der Waals surface area (Å²) in [6.07, 6.45) is 4.38. The summed E-state index contributed by atoms with van der Waals surface area (Å²) in [6, 6.07) is 11.4. The minimum Gasteiger partial charge on any atom is -0.339 e. The highest BCUT2D eigenvalue weighted by Gasteiger charge is 2.37. The number of rotatable bonds is 7. The zero-order valence-electron chi connectivity index (χ0n) is 36.2. The molecular formula is C43H52BrN15O3. The first-order chi connectivity index (χ1) is 29.6. The molecule has 0 radical (unpaired) electrons. The molecule has 0 atom stereocenters. The van der Waals surface area contributed by atoms with Crippen LogP contribution in [-0.2, 0) is 66.1 Å². The van der Waals surface area contributed by atoms with E-state index in [2.05, 4.69) is 102 Å². The van der Waals surface area contributed by atoms with Gasteiger partial charge in [-0.25, -0.2) is 14.3 Å². The van der Waals surface area contributed by atoms with Crippen molar-refractivity contribution in [3.8, 4) is 11.3 Å². The van der Waals surface area contributed by atoms with Crippen LogP contribution in [0, 0.1) is 5.41 Å². The van der Waals surface area contributed by atoms with Crippen molar-refractivity contribution in [3.63, 3.8) is 0 Å². The molecule has 2 N–H and O–H groups in total. The van der Waals surface area contributed by atoms with Gasteiger partial charge in [0.15, 0.2) is 11.6 Å². The van der Waals surface area contributed by atoms with Gasteiger partial charge in [-0.3, -0.25) is 38.4 Å². The number of aryl methyl sites for hydroxylation is 2. The summed E-state index contributed by atoms with van der Waals surface area (Å²) in [5.41, 5.74) is 8.69. The number of pyridine rings is 1. The predicted octanol–water partition coefficient (Wildman–Crippen LogP) is 4.31. The van der Waals surface area contributed by atoms with Gasteiger partial charge in [-0.15, -0.1) is 0 Å². The lowest BCUT2D eigenvalue weighted by molar-refractivity contribution is 0.0963. The number of likely N-dealkylation sites (N-methyl/N-ethyl adjacent to an activating group) is 2. The Labute approximate surface area is 367 Å². The van der Waals surface area contributed by atoms with Crippen molar-refractivity contribution in [2.75, 3.05) is 49.3 Å². The highest BCUT2D eigenvalue weighted by Crippen LogP contribution is 2.40. The smallest absolute Gasteiger partial charge is 0.290 e. The van der Waals surface area contributed by atoms with Crippen molar-refractivity contribution in [3.05, 3.63) is 102 Å². The highest BCUT2D eigenvalue weighted by molar-refractivity contribution is 9.10. The van der Waals surface area contributed by atoms with Gasteiger partial charge in [0.05, 0.1) is 30.2 Å². The molecule has 0 aromatic carbocycles. The first-order valence-corrected chi connectivity index (χ1v) is 21.8. The summed E-state index contributed by atoms with van der Waals surface area (Å²) in [4.78, 5) is 49.9. The SMILES string of the molecule is CCc1c(-c2cc(Nc3cc4n(n3)CCN(C)C4)c(=O)n(C)n2)ccnc1N1CCn2c(cc3c2CC(C)(C)C3)C1=O.CN1CCn2nc(Nc3cc(Br)nn(C)c3=O)cc2C1. The molecule has 62 heavy (non-hydrogen) atoms. The molecule has 4 aliphatic rings. The number of anilines is 5. The van der Waals surface area contributed by atoms with E-state index in [1.165, 1.54) is 20.6 Å². The Bertz CT molecular complexity index is 2850. The molecule has 0 bridgehead atoms. The average molecular weight is 907 g/mol. The summed E-state index contributed by atoms with van der Waals surface area (Å²) in [7, 11) is 7.44. The number of aromatic nitrogens is 10. The van der Waals surface area contributed by atoms with Crippen LogP contribution in [0.2, 0.25) is 0 Å². The molecule has 3 aliphatic heterocycles. The van der Waals surface area contributed by atoms with Crippen LogP contribution >= 0.6 is 15.9 Å². The van der Waals surface area contributed by atoms with Gasteiger partial charge < -0.3 is 15.2 Å². The van der Waals surface area contributed by atoms with Gasteiger partial charge in [0.25, 0.3) is 17.0 Å². The lowest BCUT2D eigenvalue weighted by atomic mass is 9.90. The number of fused-ring (bicyclic) bond motifs is 5. The van der Waals surface area contributed by atoms with Gasteiger partial charge in [0.2, 0.25) is 0 Å². The summed E-state index contributed by atoms with van der Waals surface area (Å²) >= 11 is 3.28. The molecule has 0 spiro atoms. The molecule has 6 aromatic rings. The quantitative estimate of drug-likeness (QED) is 0.233. The van der Waals surface area contributed by atoms with Crippen LogP contribution in [0.5, 0.6) is 0 Å². The van der Waals surface area contributed by atoms with Crippen molar-refractivity contribution in [2.24, 2.45) is 19.5 Å². The fourth-order valence-corrected chi connectivity index (χ4v) is 9.57. The van der Waals surface area contributed by atoms with E-state index in [0.29, 0.717) is 52.1 Å². The van der Waals surface area contributed by atoms with E-state index in [9.17, 15) is 14.4 Å². The van der Waals surface area contributed by atoms with Gasteiger partial charge >= 0.3 is 0 Å². The molecule has 324 valence electrons. The van der Waals surface area contributed by atoms with Gasteiger partial charge in [-0.05, 0) is 78.5 Å². The normalized spacial score (nSPS) is 16.9. The van der Waals surface area contributed by atoms with Gasteiger partial charge in [-0.1, -0.05) is 20.8 Å². The number of halogens is 1. The predicted molar refractivity (Wildman–Crippen MR) is 240 cm³/mol. The standard InChI is InChI=1S/C31H37N9O2.C12H15BrN6O/c1-6-21-22(23-15-24(29(41)37(5)34-23)33-27-14-20-18-36(4)9-12-40(20)35-27)7-8-32-28(21)39-11-10-38-25(30(39)42)13-19-16-31(2,3)17-26(19)38;1-17-3-4-19-8(7-17)5-11(16-19)14-9-6-10(13)15-18(2)12(9)20/h7-8,13-15H,6,9-12,16-18H2,1-5H3,(H,33,35);5-6H,3-4,7H2,1-2H3,(H,14,16). The Morgan fingerprint density at radius 3 is 1.97 bits per heavy atom. The van der Waals surface area contributed by atoms with Crippen LogP contribution in [0.4, 0.5) is 28.8 Å². The lowest BCUT2D eigenvalue weighted by Gasteiger charge is -2.31. The van der Waals surface area contributed by atoms with Crippen LogP contribution in [0.25, 0.3) is 11.3 Å². The number of carbonyl (C=O) groups is 1. The Morgan fingerprint density at radius 1 is 0.726 bits per heavy atom. The van der Waals surface area contributed by atoms with Crippen molar-refractivity contribution >= 4 is 50.7 Å². The van der Waals surface area contributed by atoms with E-state index in [0.717, 1.165) is 86.9 Å². The van der Waals surface area contributed by atoms with Gasteiger partial charge in [-0.2, -0.15) is 20.4 Å². The first kappa shape index (κ1) is 41.4. The minimum absolute atomic E-state index is 0.0158. The van der Waals surface area contributed by atoms with Gasteiger partial charge in [0, 0.05) is 94.6 Å². The Hall–Kier alpha value is -5.92. The van der Waals surface area contributed by atoms with Crippen molar-refractivity contribution < 1.29 is 4.79 Å². The number of nitrogens with zero attached hydrogens (tertiary/aromatic N) is 13. The molecule has 0 saturated carbocycles. The van der Waals surface area contributed by atoms with Crippen molar-refractivity contribution in [1.29, 1.82) is 0 Å². The molecule has 19 heteroatoms. The van der Waals surface area contributed by atoms with Gasteiger partial charge in [0.1, 0.15) is 27.5 Å². The van der Waals surface area contributed by atoms with Crippen LogP contribution < -0.4 is 26.7 Å². The molecule has 1 aliphatic carbocycles. The monoisotopic (exact) mass is 905 g/mol. The Morgan fingerprint density at radius 2 is 1.34 bits per heavy atom. The largest absolute Gasteiger partial charge is 0.339 e. The summed E-state index contributed by atoms with van der Waals surface area (Å²) in [5.74, 6) is 1.96. The molecule has 0 unspecified atom stereocenters. The van der Waals surface area contributed by atoms with Crippen molar-refractivity contribution in [1.82, 2.24) is 58.5 Å². The molecule has 6 aromatic heterocycles. The maximum Gasteiger partial charge on any atom is 0.290 e. The lowest BCUT2D eigenvalue weighted by Crippen LogP contribution is -2.41. The van der Waals surface area contributed by atoms with E-state index in [4.69, 9.17) is 4.98 Å². The molecule has 9 heterocycles. The van der Waals surface area contributed by atoms with Crippen LogP contribution in [-0.4, -0.2) is 98.1 Å². The maximum atomic E-state index is 13.8. The third-order valence-corrected chi connectivity index (χ3v) is 12.5. The zero-order valence-corrected chi connectivity index (χ0v) is 37.8. The van der Waals surface area contributed by atoms with E-state index in [1.54, 1.807) is 32.4 Å². The zero-order chi connectivity index (χ0) is 43.6. The summed E-state index contributed by atoms with van der Waals surface area (Å²) in [6.45, 7) is 13.2. The van der Waals surface area contributed by atoms with E-state index >= 15 is 0 Å². The van der Waals surface area contributed by atoms with Crippen molar-refractivity contribution in [2.45, 2.75) is 72.8 Å². The Balaban J connectivity index is 0.000000205. The second kappa shape index (κ2) is 16.1. The topological polar surface area (TPSA) is 174 Å². The summed E-state index contributed by atoms with van der Waals surface area (Å²) < 4.78 is 9.42. The number of amides is 1. The number of hydrogen-bond acceptors (Lipinski definition) is 12. The highest BCUT2D eigenvalue weighted by atomic mass is 79.9. The van der Waals surface area contributed by atoms with E-state index in [1.807, 2.05) is 32.5 Å². The molecular weight excluding hydrogens is 854 g/mol. The number of carbonyl (C=O) groups excluding carboxylic acids is 1. The molecule has 1 amide bonds. The molecule has 18 nitrogen and oxygen atoms in total. The third kappa shape index (κ3) is 7.88. The fraction of sp³-hybridized carbons (Fsp3) is 0.442. The van der Waals surface area contributed by atoms with Crippen LogP contribution in [0.1, 0.15) is 59.5 Å². The first-order valence-electron chi connectivity index (χ1n) is 21.0. The molecule has 0 saturated heterocycles. The molecule has 0 fully saturated rings. The van der Waals surface area contributed by atoms with E-state index < -0.39 is 0 Å². The van der Waals surface area contributed by atoms with Crippen LogP contribution in [0.3, 0.4) is 0 Å². The maximum absolute atomic E-state index is 13.8. The minimum atomic E-state index is -0.239. The van der Waals surface area contributed by atoms with E-state index in [-0.39, 0.29) is 22.4 Å².